The maximum Gasteiger partial charge on any atom is 0.300 e. The van der Waals surface area contributed by atoms with E-state index in [4.69, 9.17) is 9.47 Å². The van der Waals surface area contributed by atoms with Gasteiger partial charge in [0.05, 0.1) is 13.7 Å². The molecule has 1 saturated heterocycles. The quantitative estimate of drug-likeness (QED) is 0.533. The van der Waals surface area contributed by atoms with Gasteiger partial charge in [0.15, 0.2) is 17.4 Å². The van der Waals surface area contributed by atoms with Crippen LogP contribution in [-0.2, 0) is 11.8 Å². The fourth-order valence-corrected chi connectivity index (χ4v) is 2.30. The first-order valence-corrected chi connectivity index (χ1v) is 6.47. The number of rotatable bonds is 2. The molecule has 3 heterocycles. The minimum Gasteiger partial charge on any atom is -0.468 e. The van der Waals surface area contributed by atoms with Gasteiger partial charge in [-0.05, 0) is 0 Å². The summed E-state index contributed by atoms with van der Waals surface area (Å²) >= 11 is 0. The van der Waals surface area contributed by atoms with E-state index < -0.39 is 30.1 Å². The Bertz CT molecular complexity index is 757. The van der Waals surface area contributed by atoms with Crippen LogP contribution in [0.15, 0.2) is 4.79 Å². The summed E-state index contributed by atoms with van der Waals surface area (Å²) in [5.41, 5.74) is -0.453. The van der Waals surface area contributed by atoms with Crippen molar-refractivity contribution in [2.24, 2.45) is 7.05 Å². The van der Waals surface area contributed by atoms with Crippen molar-refractivity contribution in [2.75, 3.05) is 13.7 Å². The van der Waals surface area contributed by atoms with Gasteiger partial charge in [-0.2, -0.15) is 9.67 Å². The van der Waals surface area contributed by atoms with Gasteiger partial charge in [-0.25, -0.2) is 0 Å². The van der Waals surface area contributed by atoms with E-state index >= 15 is 0 Å². The highest BCUT2D eigenvalue weighted by atomic mass is 16.5. The Labute approximate surface area is 123 Å². The van der Waals surface area contributed by atoms with Gasteiger partial charge in [0, 0.05) is 7.05 Å². The predicted octanol–water partition coefficient (Wildman–Crippen LogP) is -2.85. The first kappa shape index (κ1) is 14.8. The SMILES string of the molecule is COc1nc2c(nnn2C2OCC(O)C(O)C2O)c(=O)n1C. The third-order valence-electron chi connectivity index (χ3n) is 3.56. The van der Waals surface area contributed by atoms with Crippen LogP contribution in [0, 0.1) is 0 Å². The van der Waals surface area contributed by atoms with Gasteiger partial charge in [0.25, 0.3) is 5.56 Å². The van der Waals surface area contributed by atoms with E-state index in [1.807, 2.05) is 0 Å². The third kappa shape index (κ3) is 2.06. The predicted molar refractivity (Wildman–Crippen MR) is 70.1 cm³/mol. The molecule has 3 N–H and O–H groups in total. The topological polar surface area (TPSA) is 145 Å². The lowest BCUT2D eigenvalue weighted by atomic mass is 10.0. The van der Waals surface area contributed by atoms with E-state index in [-0.39, 0.29) is 23.8 Å². The number of hydrogen-bond donors (Lipinski definition) is 3. The van der Waals surface area contributed by atoms with Crippen LogP contribution in [0.5, 0.6) is 6.01 Å². The Morgan fingerprint density at radius 2 is 2.05 bits per heavy atom. The largest absolute Gasteiger partial charge is 0.468 e. The summed E-state index contributed by atoms with van der Waals surface area (Å²) in [5.74, 6) is 0. The highest BCUT2D eigenvalue weighted by Gasteiger charge is 2.40. The molecule has 4 atom stereocenters. The van der Waals surface area contributed by atoms with E-state index in [9.17, 15) is 20.1 Å². The Hall–Kier alpha value is -2.08. The zero-order valence-corrected chi connectivity index (χ0v) is 11.8. The molecule has 0 radical (unpaired) electrons. The normalized spacial score (nSPS) is 29.0. The summed E-state index contributed by atoms with van der Waals surface area (Å²) in [7, 11) is 2.83. The van der Waals surface area contributed by atoms with Crippen molar-refractivity contribution in [2.45, 2.75) is 24.5 Å². The molecule has 0 amide bonds. The van der Waals surface area contributed by atoms with Crippen LogP contribution in [0.3, 0.4) is 0 Å². The Balaban J connectivity index is 2.12. The third-order valence-corrected chi connectivity index (χ3v) is 3.56. The summed E-state index contributed by atoms with van der Waals surface area (Å²) in [6.07, 6.45) is -5.21. The summed E-state index contributed by atoms with van der Waals surface area (Å²) in [6.45, 7) is -0.202. The molecule has 11 nitrogen and oxygen atoms in total. The van der Waals surface area contributed by atoms with Crippen LogP contribution in [0.2, 0.25) is 0 Å². The Morgan fingerprint density at radius 3 is 2.73 bits per heavy atom. The number of aromatic nitrogens is 5. The van der Waals surface area contributed by atoms with Crippen molar-refractivity contribution in [3.8, 4) is 6.01 Å². The molecule has 2 aromatic heterocycles. The van der Waals surface area contributed by atoms with Crippen LogP contribution in [0.25, 0.3) is 11.2 Å². The molecule has 0 spiro atoms. The molecule has 11 heteroatoms. The zero-order chi connectivity index (χ0) is 16.0. The van der Waals surface area contributed by atoms with Crippen molar-refractivity contribution >= 4 is 11.2 Å². The Kier molecular flexibility index (Phi) is 3.56. The van der Waals surface area contributed by atoms with E-state index in [2.05, 4.69) is 15.3 Å². The first-order chi connectivity index (χ1) is 10.5. The first-order valence-electron chi connectivity index (χ1n) is 6.47. The van der Waals surface area contributed by atoms with Crippen molar-refractivity contribution in [3.63, 3.8) is 0 Å². The van der Waals surface area contributed by atoms with Gasteiger partial charge in [-0.1, -0.05) is 5.21 Å². The smallest absolute Gasteiger partial charge is 0.300 e. The number of nitrogens with zero attached hydrogens (tertiary/aromatic N) is 5. The van der Waals surface area contributed by atoms with Gasteiger partial charge in [-0.3, -0.25) is 9.36 Å². The van der Waals surface area contributed by atoms with Crippen LogP contribution in [0.1, 0.15) is 6.23 Å². The maximum atomic E-state index is 12.1. The standard InChI is InChI=1S/C11H15N5O6/c1-15-9(20)5-8(12-11(15)21-2)16(14-13-5)10-7(19)6(18)4(17)3-22-10/h4,6-7,10,17-19H,3H2,1-2H3. The highest BCUT2D eigenvalue weighted by molar-refractivity contribution is 5.68. The minimum atomic E-state index is -1.45. The lowest BCUT2D eigenvalue weighted by molar-refractivity contribution is -0.213. The molecule has 22 heavy (non-hydrogen) atoms. The molecule has 1 fully saturated rings. The second kappa shape index (κ2) is 5.28. The van der Waals surface area contributed by atoms with E-state index in [0.29, 0.717) is 0 Å². The number of ether oxygens (including phenoxy) is 2. The molecule has 0 aromatic carbocycles. The van der Waals surface area contributed by atoms with Crippen LogP contribution in [0.4, 0.5) is 0 Å². The molecular weight excluding hydrogens is 298 g/mol. The molecule has 0 bridgehead atoms. The van der Waals surface area contributed by atoms with Gasteiger partial charge in [-0.15, -0.1) is 5.10 Å². The molecular formula is C11H15N5O6. The highest BCUT2D eigenvalue weighted by Crippen LogP contribution is 2.25. The molecule has 3 rings (SSSR count). The monoisotopic (exact) mass is 313 g/mol. The van der Waals surface area contributed by atoms with Crippen LogP contribution in [-0.4, -0.2) is 71.9 Å². The van der Waals surface area contributed by atoms with Crippen molar-refractivity contribution < 1.29 is 24.8 Å². The van der Waals surface area contributed by atoms with Crippen LogP contribution >= 0.6 is 0 Å². The average Bonchev–Trinajstić information content (AvgIpc) is 2.92. The molecule has 120 valence electrons. The number of aliphatic hydroxyl groups is 3. The van der Waals surface area contributed by atoms with Gasteiger partial charge in [0.2, 0.25) is 0 Å². The number of fused-ring (bicyclic) bond motifs is 1. The summed E-state index contributed by atoms with van der Waals surface area (Å²) in [6, 6.07) is 0.0342. The summed E-state index contributed by atoms with van der Waals surface area (Å²) in [4.78, 5) is 16.2. The van der Waals surface area contributed by atoms with Crippen LogP contribution < -0.4 is 10.3 Å². The maximum absolute atomic E-state index is 12.1. The second-order valence-corrected chi connectivity index (χ2v) is 4.94. The van der Waals surface area contributed by atoms with Crippen molar-refractivity contribution in [3.05, 3.63) is 10.4 Å². The molecule has 0 aliphatic carbocycles. The van der Waals surface area contributed by atoms with E-state index in [1.165, 1.54) is 14.2 Å². The number of aliphatic hydroxyl groups excluding tert-OH is 3. The van der Waals surface area contributed by atoms with E-state index in [0.717, 1.165) is 9.25 Å². The van der Waals surface area contributed by atoms with Crippen molar-refractivity contribution in [1.29, 1.82) is 0 Å². The fraction of sp³-hybridized carbons (Fsp3) is 0.636. The molecule has 1 aliphatic heterocycles. The fourth-order valence-electron chi connectivity index (χ4n) is 2.30. The number of methoxy groups -OCH3 is 1. The summed E-state index contributed by atoms with van der Waals surface area (Å²) < 4.78 is 12.5. The molecule has 2 aromatic rings. The summed E-state index contributed by atoms with van der Waals surface area (Å²) in [5, 5.41) is 36.7. The lowest BCUT2D eigenvalue weighted by Gasteiger charge is -2.34. The minimum absolute atomic E-state index is 0.0280. The van der Waals surface area contributed by atoms with Gasteiger partial charge >= 0.3 is 6.01 Å². The molecule has 0 saturated carbocycles. The van der Waals surface area contributed by atoms with Gasteiger partial charge in [0.1, 0.15) is 18.3 Å². The Morgan fingerprint density at radius 1 is 1.32 bits per heavy atom. The average molecular weight is 313 g/mol. The van der Waals surface area contributed by atoms with E-state index in [1.54, 1.807) is 0 Å². The van der Waals surface area contributed by atoms with Gasteiger partial charge < -0.3 is 24.8 Å². The zero-order valence-electron chi connectivity index (χ0n) is 11.8. The molecule has 1 aliphatic rings. The van der Waals surface area contributed by atoms with Crippen molar-refractivity contribution in [1.82, 2.24) is 24.5 Å². The second-order valence-electron chi connectivity index (χ2n) is 4.94. The number of hydrogen-bond acceptors (Lipinski definition) is 9. The molecule has 4 unspecified atom stereocenters. The lowest BCUT2D eigenvalue weighted by Crippen LogP contribution is -2.50.